The van der Waals surface area contributed by atoms with Crippen LogP contribution in [0.1, 0.15) is 29.8 Å². The monoisotopic (exact) mass is 282 g/mol. The minimum absolute atomic E-state index is 0.124. The van der Waals surface area contributed by atoms with E-state index in [0.717, 1.165) is 6.07 Å². The van der Waals surface area contributed by atoms with Crippen LogP contribution in [0, 0.1) is 11.7 Å². The number of carbonyl (C=O) groups excluding carboxylic acids is 1. The number of carboxylic acids is 1. The number of aromatic carboxylic acids is 1. The van der Waals surface area contributed by atoms with Gasteiger partial charge in [-0.15, -0.1) is 0 Å². The summed E-state index contributed by atoms with van der Waals surface area (Å²) in [5.41, 5.74) is 0.229. The van der Waals surface area contributed by atoms with Crippen molar-refractivity contribution in [3.05, 3.63) is 35.1 Å². The van der Waals surface area contributed by atoms with Crippen LogP contribution in [0.3, 0.4) is 0 Å². The predicted octanol–water partition coefficient (Wildman–Crippen LogP) is 1.39. The fourth-order valence-corrected chi connectivity index (χ4v) is 1.54. The number of rotatable bonds is 7. The van der Waals surface area contributed by atoms with Crippen LogP contribution in [-0.2, 0) is 11.3 Å². The molecule has 5 nitrogen and oxygen atoms in total. The van der Waals surface area contributed by atoms with Crippen molar-refractivity contribution in [2.75, 3.05) is 13.1 Å². The van der Waals surface area contributed by atoms with E-state index in [4.69, 9.17) is 5.11 Å². The Hall–Kier alpha value is -1.95. The van der Waals surface area contributed by atoms with Gasteiger partial charge in [-0.1, -0.05) is 19.9 Å². The molecule has 0 unspecified atom stereocenters. The van der Waals surface area contributed by atoms with Crippen LogP contribution < -0.4 is 10.6 Å². The molecule has 1 aromatic rings. The van der Waals surface area contributed by atoms with Gasteiger partial charge >= 0.3 is 5.97 Å². The Balaban J connectivity index is 2.41. The summed E-state index contributed by atoms with van der Waals surface area (Å²) in [5.74, 6) is -1.81. The van der Waals surface area contributed by atoms with Gasteiger partial charge in [0.25, 0.3) is 0 Å². The quantitative estimate of drug-likeness (QED) is 0.706. The molecule has 110 valence electrons. The molecule has 0 saturated heterocycles. The molecule has 1 amide bonds. The molecule has 1 aromatic carbocycles. The highest BCUT2D eigenvalue weighted by Crippen LogP contribution is 2.10. The molecule has 0 aliphatic heterocycles. The zero-order chi connectivity index (χ0) is 15.1. The van der Waals surface area contributed by atoms with E-state index < -0.39 is 11.8 Å². The molecule has 6 heteroatoms. The Kier molecular flexibility index (Phi) is 6.11. The maximum Gasteiger partial charge on any atom is 0.338 e. The second-order valence-corrected chi connectivity index (χ2v) is 4.92. The van der Waals surface area contributed by atoms with Gasteiger partial charge in [-0.05, 0) is 23.6 Å². The molecule has 0 saturated carbocycles. The zero-order valence-corrected chi connectivity index (χ0v) is 11.6. The van der Waals surface area contributed by atoms with Gasteiger partial charge in [-0.3, -0.25) is 4.79 Å². The van der Waals surface area contributed by atoms with Gasteiger partial charge in [0.05, 0.1) is 12.1 Å². The number of amides is 1. The Labute approximate surface area is 117 Å². The number of hydrogen-bond acceptors (Lipinski definition) is 3. The highest BCUT2D eigenvalue weighted by atomic mass is 19.1. The van der Waals surface area contributed by atoms with Crippen molar-refractivity contribution in [3.8, 4) is 0 Å². The summed E-state index contributed by atoms with van der Waals surface area (Å²) < 4.78 is 13.4. The highest BCUT2D eigenvalue weighted by molar-refractivity contribution is 5.87. The van der Waals surface area contributed by atoms with Crippen molar-refractivity contribution in [1.29, 1.82) is 0 Å². The van der Waals surface area contributed by atoms with Gasteiger partial charge in [0.1, 0.15) is 5.82 Å². The van der Waals surface area contributed by atoms with E-state index in [9.17, 15) is 14.0 Å². The van der Waals surface area contributed by atoms with E-state index in [1.54, 1.807) is 0 Å². The van der Waals surface area contributed by atoms with Crippen molar-refractivity contribution in [2.24, 2.45) is 5.92 Å². The maximum atomic E-state index is 13.4. The fraction of sp³-hybridized carbons (Fsp3) is 0.429. The molecule has 0 aliphatic rings. The van der Waals surface area contributed by atoms with E-state index >= 15 is 0 Å². The van der Waals surface area contributed by atoms with E-state index in [1.165, 1.54) is 12.1 Å². The predicted molar refractivity (Wildman–Crippen MR) is 72.9 cm³/mol. The molecule has 20 heavy (non-hydrogen) atoms. The molecule has 0 aromatic heterocycles. The van der Waals surface area contributed by atoms with Gasteiger partial charge < -0.3 is 15.7 Å². The molecular weight excluding hydrogens is 263 g/mol. The molecule has 0 radical (unpaired) electrons. The average molecular weight is 282 g/mol. The summed E-state index contributed by atoms with van der Waals surface area (Å²) in [5, 5.41) is 14.3. The van der Waals surface area contributed by atoms with E-state index in [1.807, 2.05) is 13.8 Å². The zero-order valence-electron chi connectivity index (χ0n) is 11.6. The van der Waals surface area contributed by atoms with Crippen molar-refractivity contribution >= 4 is 11.9 Å². The van der Waals surface area contributed by atoms with Gasteiger partial charge in [0.15, 0.2) is 0 Å². The van der Waals surface area contributed by atoms with E-state index in [-0.39, 0.29) is 18.0 Å². The standard InChI is InChI=1S/C14H19FN2O3/c1-9(2)6-17-13(18)8-16-7-10-3-4-11(14(19)20)12(15)5-10/h3-5,9,16H,6-8H2,1-2H3,(H,17,18)(H,19,20). The second-order valence-electron chi connectivity index (χ2n) is 4.92. The third kappa shape index (κ3) is 5.36. The van der Waals surface area contributed by atoms with Crippen LogP contribution in [0.2, 0.25) is 0 Å². The molecule has 3 N–H and O–H groups in total. The molecule has 0 aliphatic carbocycles. The topological polar surface area (TPSA) is 78.4 Å². The van der Waals surface area contributed by atoms with Crippen LogP contribution in [0.5, 0.6) is 0 Å². The number of nitrogens with one attached hydrogen (secondary N) is 2. The SMILES string of the molecule is CC(C)CNC(=O)CNCc1ccc(C(=O)O)c(F)c1. The van der Waals surface area contributed by atoms with Gasteiger partial charge in [0, 0.05) is 13.1 Å². The third-order valence-corrected chi connectivity index (χ3v) is 2.59. The molecule has 1 rings (SSSR count). The summed E-state index contributed by atoms with van der Waals surface area (Å²) in [4.78, 5) is 22.1. The number of benzene rings is 1. The van der Waals surface area contributed by atoms with Crippen LogP contribution in [0.4, 0.5) is 4.39 Å². The highest BCUT2D eigenvalue weighted by Gasteiger charge is 2.10. The normalized spacial score (nSPS) is 10.6. The summed E-state index contributed by atoms with van der Waals surface area (Å²) in [6, 6.07) is 3.89. The van der Waals surface area contributed by atoms with Gasteiger partial charge in [-0.2, -0.15) is 0 Å². The second kappa shape index (κ2) is 7.59. The van der Waals surface area contributed by atoms with E-state index in [0.29, 0.717) is 24.6 Å². The lowest BCUT2D eigenvalue weighted by Crippen LogP contribution is -2.35. The lowest BCUT2D eigenvalue weighted by molar-refractivity contribution is -0.120. The maximum absolute atomic E-state index is 13.4. The molecule has 0 atom stereocenters. The summed E-state index contributed by atoms with van der Waals surface area (Å²) in [6.45, 7) is 5.05. The molecular formula is C14H19FN2O3. The third-order valence-electron chi connectivity index (χ3n) is 2.59. The van der Waals surface area contributed by atoms with Crippen LogP contribution in [0.15, 0.2) is 18.2 Å². The van der Waals surface area contributed by atoms with Crippen molar-refractivity contribution in [1.82, 2.24) is 10.6 Å². The Bertz CT molecular complexity index is 489. The number of carbonyl (C=O) groups is 2. The molecule has 0 fully saturated rings. The lowest BCUT2D eigenvalue weighted by atomic mass is 10.1. The van der Waals surface area contributed by atoms with Gasteiger partial charge in [-0.25, -0.2) is 9.18 Å². The van der Waals surface area contributed by atoms with Crippen LogP contribution >= 0.6 is 0 Å². The lowest BCUT2D eigenvalue weighted by Gasteiger charge is -2.09. The summed E-state index contributed by atoms with van der Waals surface area (Å²) in [7, 11) is 0. The van der Waals surface area contributed by atoms with Crippen molar-refractivity contribution in [3.63, 3.8) is 0 Å². The Morgan fingerprint density at radius 3 is 2.60 bits per heavy atom. The van der Waals surface area contributed by atoms with E-state index in [2.05, 4.69) is 10.6 Å². The Morgan fingerprint density at radius 1 is 1.35 bits per heavy atom. The first-order valence-corrected chi connectivity index (χ1v) is 6.39. The Morgan fingerprint density at radius 2 is 2.05 bits per heavy atom. The average Bonchev–Trinajstić information content (AvgIpc) is 2.36. The smallest absolute Gasteiger partial charge is 0.338 e. The largest absolute Gasteiger partial charge is 0.478 e. The number of carboxylic acid groups (broad SMARTS) is 1. The summed E-state index contributed by atoms with van der Waals surface area (Å²) >= 11 is 0. The fourth-order valence-electron chi connectivity index (χ4n) is 1.54. The first-order valence-electron chi connectivity index (χ1n) is 6.39. The number of hydrogen-bond donors (Lipinski definition) is 3. The van der Waals surface area contributed by atoms with Gasteiger partial charge in [0.2, 0.25) is 5.91 Å². The van der Waals surface area contributed by atoms with Crippen LogP contribution in [0.25, 0.3) is 0 Å². The minimum atomic E-state index is -1.30. The molecule has 0 bridgehead atoms. The van der Waals surface area contributed by atoms with Crippen molar-refractivity contribution in [2.45, 2.75) is 20.4 Å². The van der Waals surface area contributed by atoms with Crippen molar-refractivity contribution < 1.29 is 19.1 Å². The first-order chi connectivity index (χ1) is 9.40. The summed E-state index contributed by atoms with van der Waals surface area (Å²) in [6.07, 6.45) is 0. The molecule has 0 heterocycles. The molecule has 0 spiro atoms. The minimum Gasteiger partial charge on any atom is -0.478 e. The van der Waals surface area contributed by atoms with Crippen LogP contribution in [-0.4, -0.2) is 30.1 Å². The first kappa shape index (κ1) is 16.1. The number of halogens is 1.